The molecule has 2 aliphatic rings. The highest BCUT2D eigenvalue weighted by molar-refractivity contribution is 5.14. The van der Waals surface area contributed by atoms with E-state index in [0.717, 1.165) is 23.7 Å². The average Bonchev–Trinajstić information content (AvgIpc) is 2.69. The largest absolute Gasteiger partial charge is 0.0625 e. The predicted octanol–water partition coefficient (Wildman–Crippen LogP) is 4.66. The molecule has 0 nitrogen and oxygen atoms in total. The van der Waals surface area contributed by atoms with Crippen molar-refractivity contribution in [2.75, 3.05) is 0 Å². The molecule has 0 aromatic rings. The molecule has 0 unspecified atom stereocenters. The van der Waals surface area contributed by atoms with Crippen LogP contribution in [0.2, 0.25) is 0 Å². The molecule has 3 atom stereocenters. The van der Waals surface area contributed by atoms with E-state index in [2.05, 4.69) is 27.2 Å². The van der Waals surface area contributed by atoms with E-state index >= 15 is 0 Å². The predicted molar refractivity (Wildman–Crippen MR) is 66.2 cm³/mol. The maximum Gasteiger partial charge on any atom is -0.0173 e. The van der Waals surface area contributed by atoms with Crippen LogP contribution in [0.4, 0.5) is 0 Å². The van der Waals surface area contributed by atoms with Crippen molar-refractivity contribution in [3.8, 4) is 0 Å². The molecule has 2 fully saturated rings. The Bertz CT molecular complexity index is 188. The summed E-state index contributed by atoms with van der Waals surface area (Å²) in [6.07, 6.45) is 11.1. The second kappa shape index (κ2) is 4.89. The maximum absolute atomic E-state index is 2.55. The molecule has 0 heteroatoms. The molecule has 0 aromatic heterocycles. The highest BCUT2D eigenvalue weighted by Crippen LogP contribution is 2.47. The molecule has 15 heavy (non-hydrogen) atoms. The zero-order chi connectivity index (χ0) is 10.8. The van der Waals surface area contributed by atoms with E-state index < -0.39 is 0 Å². The molecule has 0 aromatic carbocycles. The fraction of sp³-hybridized carbons (Fsp3) is 0.867. The third-order valence-electron chi connectivity index (χ3n) is 4.57. The van der Waals surface area contributed by atoms with Gasteiger partial charge in [-0.25, -0.2) is 0 Å². The Morgan fingerprint density at radius 1 is 1.27 bits per heavy atom. The average molecular weight is 206 g/mol. The lowest BCUT2D eigenvalue weighted by atomic mass is 9.65. The van der Waals surface area contributed by atoms with Crippen molar-refractivity contribution in [1.82, 2.24) is 0 Å². The first-order chi connectivity index (χ1) is 7.18. The monoisotopic (exact) mass is 206 g/mol. The lowest BCUT2D eigenvalue weighted by molar-refractivity contribution is 0.154. The van der Waals surface area contributed by atoms with E-state index in [4.69, 9.17) is 0 Å². The lowest BCUT2D eigenvalue weighted by Gasteiger charge is -2.40. The normalized spacial score (nSPS) is 38.8. The second-order valence-corrected chi connectivity index (χ2v) is 6.10. The van der Waals surface area contributed by atoms with E-state index in [1.807, 2.05) is 5.92 Å². The first-order valence-corrected chi connectivity index (χ1v) is 6.87. The van der Waals surface area contributed by atoms with Crippen LogP contribution in [-0.2, 0) is 0 Å². The molecule has 2 aliphatic carbocycles. The molecule has 0 heterocycles. The third-order valence-corrected chi connectivity index (χ3v) is 4.57. The summed E-state index contributed by atoms with van der Waals surface area (Å²) in [6, 6.07) is 0. The van der Waals surface area contributed by atoms with Gasteiger partial charge in [0, 0.05) is 0 Å². The molecule has 86 valence electrons. The van der Waals surface area contributed by atoms with Gasteiger partial charge in [0.05, 0.1) is 0 Å². The summed E-state index contributed by atoms with van der Waals surface area (Å²) in [7, 11) is 0. The molecule has 2 rings (SSSR count). The topological polar surface area (TPSA) is 0 Å². The summed E-state index contributed by atoms with van der Waals surface area (Å²) < 4.78 is 0. The van der Waals surface area contributed by atoms with Gasteiger partial charge in [0.15, 0.2) is 0 Å². The van der Waals surface area contributed by atoms with E-state index in [-0.39, 0.29) is 0 Å². The third kappa shape index (κ3) is 2.57. The van der Waals surface area contributed by atoms with Gasteiger partial charge in [-0.15, -0.1) is 0 Å². The van der Waals surface area contributed by atoms with Crippen LogP contribution in [0, 0.1) is 36.0 Å². The van der Waals surface area contributed by atoms with Gasteiger partial charge in [-0.05, 0) is 61.7 Å². The van der Waals surface area contributed by atoms with Gasteiger partial charge in [-0.2, -0.15) is 0 Å². The smallest absolute Gasteiger partial charge is 0.0173 e. The molecule has 2 radical (unpaired) electrons. The van der Waals surface area contributed by atoms with Crippen LogP contribution in [0.3, 0.4) is 0 Å². The van der Waals surface area contributed by atoms with E-state index in [1.54, 1.807) is 0 Å². The Labute approximate surface area is 95.8 Å². The Morgan fingerprint density at radius 2 is 2.07 bits per heavy atom. The highest BCUT2D eigenvalue weighted by atomic mass is 14.4. The Balaban J connectivity index is 2.01. The summed E-state index contributed by atoms with van der Waals surface area (Å²) in [5, 5.41) is 0. The van der Waals surface area contributed by atoms with Crippen LogP contribution < -0.4 is 0 Å². The summed E-state index contributed by atoms with van der Waals surface area (Å²) in [4.78, 5) is 0. The Morgan fingerprint density at radius 3 is 2.67 bits per heavy atom. The lowest BCUT2D eigenvalue weighted by Crippen LogP contribution is -2.31. The van der Waals surface area contributed by atoms with Crippen LogP contribution in [0.15, 0.2) is 0 Å². The first kappa shape index (κ1) is 11.5. The summed E-state index contributed by atoms with van der Waals surface area (Å²) in [6.45, 7) is 7.28. The summed E-state index contributed by atoms with van der Waals surface area (Å²) in [5.41, 5.74) is 0. The highest BCUT2D eigenvalue weighted by Gasteiger charge is 2.36. The van der Waals surface area contributed by atoms with Crippen LogP contribution in [0.1, 0.15) is 59.3 Å². The van der Waals surface area contributed by atoms with Crippen molar-refractivity contribution >= 4 is 0 Å². The fourth-order valence-corrected chi connectivity index (χ4v) is 3.66. The minimum absolute atomic E-state index is 0.879. The molecule has 0 aliphatic heterocycles. The van der Waals surface area contributed by atoms with Crippen LogP contribution in [-0.4, -0.2) is 0 Å². The van der Waals surface area contributed by atoms with Crippen molar-refractivity contribution < 1.29 is 0 Å². The van der Waals surface area contributed by atoms with Gasteiger partial charge in [-0.1, -0.05) is 33.6 Å². The van der Waals surface area contributed by atoms with Crippen molar-refractivity contribution in [2.24, 2.45) is 23.7 Å². The van der Waals surface area contributed by atoms with Gasteiger partial charge in [0.2, 0.25) is 0 Å². The zero-order valence-corrected chi connectivity index (χ0v) is 10.6. The van der Waals surface area contributed by atoms with E-state index in [9.17, 15) is 0 Å². The van der Waals surface area contributed by atoms with Crippen molar-refractivity contribution in [1.29, 1.82) is 0 Å². The SMILES string of the molecule is CC(C)[C@H]1CC[C@H](C)C[C@H]1[C]1[CH]CCC1. The first-order valence-electron chi connectivity index (χ1n) is 6.87. The van der Waals surface area contributed by atoms with E-state index in [0.29, 0.717) is 0 Å². The van der Waals surface area contributed by atoms with Crippen LogP contribution in [0.25, 0.3) is 0 Å². The minimum Gasteiger partial charge on any atom is -0.0625 e. The zero-order valence-electron chi connectivity index (χ0n) is 10.6. The molecule has 0 N–H and O–H groups in total. The number of rotatable bonds is 2. The number of hydrogen-bond donors (Lipinski definition) is 0. The van der Waals surface area contributed by atoms with Crippen molar-refractivity contribution in [3.63, 3.8) is 0 Å². The molecule has 2 saturated carbocycles. The van der Waals surface area contributed by atoms with E-state index in [1.165, 1.54) is 38.5 Å². The Hall–Kier alpha value is 0. The second-order valence-electron chi connectivity index (χ2n) is 6.10. The number of hydrogen-bond acceptors (Lipinski definition) is 0. The quantitative estimate of drug-likeness (QED) is 0.616. The van der Waals surface area contributed by atoms with Gasteiger partial charge in [-0.3, -0.25) is 0 Å². The minimum atomic E-state index is 0.879. The van der Waals surface area contributed by atoms with Gasteiger partial charge >= 0.3 is 0 Å². The van der Waals surface area contributed by atoms with Crippen LogP contribution in [0.5, 0.6) is 0 Å². The molecule has 0 spiro atoms. The van der Waals surface area contributed by atoms with Gasteiger partial charge < -0.3 is 0 Å². The molecular weight excluding hydrogens is 180 g/mol. The Kier molecular flexibility index (Phi) is 3.74. The maximum atomic E-state index is 2.55. The molecule has 0 amide bonds. The van der Waals surface area contributed by atoms with Crippen LogP contribution >= 0.6 is 0 Å². The van der Waals surface area contributed by atoms with Gasteiger partial charge in [0.1, 0.15) is 0 Å². The molecule has 0 saturated heterocycles. The van der Waals surface area contributed by atoms with Crippen molar-refractivity contribution in [2.45, 2.75) is 59.3 Å². The summed E-state index contributed by atoms with van der Waals surface area (Å²) in [5.74, 6) is 5.58. The fourth-order valence-electron chi connectivity index (χ4n) is 3.66. The van der Waals surface area contributed by atoms with Crippen molar-refractivity contribution in [3.05, 3.63) is 12.3 Å². The van der Waals surface area contributed by atoms with Gasteiger partial charge in [0.25, 0.3) is 0 Å². The molecular formula is C15H26. The summed E-state index contributed by atoms with van der Waals surface area (Å²) >= 11 is 0. The molecule has 0 bridgehead atoms. The standard InChI is InChI=1S/C15H26/c1-11(2)14-9-8-12(3)10-15(14)13-6-4-5-7-13/h6,11-12,14-15H,4-5,7-10H2,1-3H3/t12-,14+,15-/m0/s1.